The van der Waals surface area contributed by atoms with Crippen LogP contribution in [0.4, 0.5) is 0 Å². The fourth-order valence-corrected chi connectivity index (χ4v) is 2.43. The SMILES string of the molecule is COCCN(CC(C)C)C(CN)(COC)C(C)C. The van der Waals surface area contributed by atoms with Gasteiger partial charge in [-0.2, -0.15) is 0 Å². The lowest BCUT2D eigenvalue weighted by atomic mass is 9.84. The molecule has 0 fully saturated rings. The minimum absolute atomic E-state index is 0.0997. The van der Waals surface area contributed by atoms with E-state index in [0.29, 0.717) is 25.0 Å². The van der Waals surface area contributed by atoms with Crippen LogP contribution in [-0.2, 0) is 9.47 Å². The molecule has 0 bridgehead atoms. The summed E-state index contributed by atoms with van der Waals surface area (Å²) >= 11 is 0. The summed E-state index contributed by atoms with van der Waals surface area (Å²) in [5, 5.41) is 0. The Labute approximate surface area is 113 Å². The molecule has 110 valence electrons. The number of methoxy groups -OCH3 is 2. The van der Waals surface area contributed by atoms with E-state index in [1.807, 2.05) is 0 Å². The van der Waals surface area contributed by atoms with Crippen molar-refractivity contribution in [2.24, 2.45) is 17.6 Å². The topological polar surface area (TPSA) is 47.7 Å². The molecule has 0 aliphatic carbocycles. The van der Waals surface area contributed by atoms with Crippen molar-refractivity contribution in [2.75, 3.05) is 47.1 Å². The van der Waals surface area contributed by atoms with Crippen LogP contribution in [-0.4, -0.2) is 57.5 Å². The van der Waals surface area contributed by atoms with Crippen LogP contribution in [0, 0.1) is 11.8 Å². The number of nitrogens with zero attached hydrogens (tertiary/aromatic N) is 1. The standard InChI is InChI=1S/C14H32N2O2/c1-12(2)9-16(7-8-17-5)14(10-15,11-18-6)13(3)4/h12-13H,7-11,15H2,1-6H3. The average molecular weight is 260 g/mol. The first-order valence-corrected chi connectivity index (χ1v) is 6.87. The van der Waals surface area contributed by atoms with E-state index >= 15 is 0 Å². The Bertz CT molecular complexity index is 210. The molecule has 0 saturated carbocycles. The largest absolute Gasteiger partial charge is 0.383 e. The van der Waals surface area contributed by atoms with Crippen LogP contribution in [0.15, 0.2) is 0 Å². The summed E-state index contributed by atoms with van der Waals surface area (Å²) in [6.07, 6.45) is 0. The molecule has 18 heavy (non-hydrogen) atoms. The van der Waals surface area contributed by atoms with Crippen molar-refractivity contribution in [1.82, 2.24) is 4.90 Å². The third-order valence-corrected chi connectivity index (χ3v) is 3.60. The first kappa shape index (κ1) is 17.8. The van der Waals surface area contributed by atoms with Crippen molar-refractivity contribution in [3.63, 3.8) is 0 Å². The number of ether oxygens (including phenoxy) is 2. The van der Waals surface area contributed by atoms with Gasteiger partial charge < -0.3 is 15.2 Å². The van der Waals surface area contributed by atoms with Gasteiger partial charge in [0.25, 0.3) is 0 Å². The predicted octanol–water partition coefficient (Wildman–Crippen LogP) is 1.59. The average Bonchev–Trinajstić information content (AvgIpc) is 2.30. The molecule has 0 radical (unpaired) electrons. The van der Waals surface area contributed by atoms with E-state index in [2.05, 4.69) is 32.6 Å². The van der Waals surface area contributed by atoms with Crippen molar-refractivity contribution in [1.29, 1.82) is 0 Å². The van der Waals surface area contributed by atoms with E-state index in [-0.39, 0.29) is 5.54 Å². The molecular formula is C14H32N2O2. The van der Waals surface area contributed by atoms with Crippen LogP contribution in [0.25, 0.3) is 0 Å². The Balaban J connectivity index is 5.03. The second-order valence-corrected chi connectivity index (χ2v) is 5.73. The highest BCUT2D eigenvalue weighted by Crippen LogP contribution is 2.25. The van der Waals surface area contributed by atoms with Gasteiger partial charge >= 0.3 is 0 Å². The Hall–Kier alpha value is -0.160. The molecule has 0 heterocycles. The van der Waals surface area contributed by atoms with Gasteiger partial charge in [0.2, 0.25) is 0 Å². The van der Waals surface area contributed by atoms with E-state index in [9.17, 15) is 0 Å². The number of hydrogen-bond acceptors (Lipinski definition) is 4. The van der Waals surface area contributed by atoms with Crippen LogP contribution in [0.5, 0.6) is 0 Å². The van der Waals surface area contributed by atoms with Gasteiger partial charge in [-0.1, -0.05) is 27.7 Å². The fourth-order valence-electron chi connectivity index (χ4n) is 2.43. The molecule has 0 aromatic carbocycles. The maximum Gasteiger partial charge on any atom is 0.0661 e. The van der Waals surface area contributed by atoms with Gasteiger partial charge in [0.1, 0.15) is 0 Å². The minimum atomic E-state index is -0.0997. The quantitative estimate of drug-likeness (QED) is 0.648. The van der Waals surface area contributed by atoms with Crippen LogP contribution in [0.3, 0.4) is 0 Å². The molecular weight excluding hydrogens is 228 g/mol. The van der Waals surface area contributed by atoms with Crippen LogP contribution < -0.4 is 5.73 Å². The molecule has 0 amide bonds. The molecule has 0 aliphatic heterocycles. The Morgan fingerprint density at radius 1 is 1.11 bits per heavy atom. The van der Waals surface area contributed by atoms with E-state index < -0.39 is 0 Å². The second kappa shape index (κ2) is 8.86. The predicted molar refractivity (Wildman–Crippen MR) is 76.8 cm³/mol. The van der Waals surface area contributed by atoms with Crippen molar-refractivity contribution in [2.45, 2.75) is 33.2 Å². The minimum Gasteiger partial charge on any atom is -0.383 e. The molecule has 0 aliphatic rings. The monoisotopic (exact) mass is 260 g/mol. The van der Waals surface area contributed by atoms with Gasteiger partial charge in [0, 0.05) is 33.9 Å². The summed E-state index contributed by atoms with van der Waals surface area (Å²) in [5.74, 6) is 1.04. The molecule has 0 spiro atoms. The molecule has 2 N–H and O–H groups in total. The van der Waals surface area contributed by atoms with E-state index in [4.69, 9.17) is 15.2 Å². The number of rotatable bonds is 10. The molecule has 4 heteroatoms. The highest BCUT2D eigenvalue weighted by Gasteiger charge is 2.38. The Kier molecular flexibility index (Phi) is 8.78. The zero-order valence-corrected chi connectivity index (χ0v) is 13.0. The Morgan fingerprint density at radius 3 is 2.06 bits per heavy atom. The van der Waals surface area contributed by atoms with Gasteiger partial charge in [0.05, 0.1) is 18.8 Å². The van der Waals surface area contributed by atoms with E-state index in [1.165, 1.54) is 0 Å². The van der Waals surface area contributed by atoms with Crippen LogP contribution in [0.2, 0.25) is 0 Å². The molecule has 4 nitrogen and oxygen atoms in total. The summed E-state index contributed by atoms with van der Waals surface area (Å²) in [6.45, 7) is 12.8. The number of hydrogen-bond donors (Lipinski definition) is 1. The summed E-state index contributed by atoms with van der Waals surface area (Å²) in [7, 11) is 3.49. The van der Waals surface area contributed by atoms with Crippen molar-refractivity contribution < 1.29 is 9.47 Å². The zero-order chi connectivity index (χ0) is 14.2. The third-order valence-electron chi connectivity index (χ3n) is 3.60. The molecule has 0 aromatic heterocycles. The van der Waals surface area contributed by atoms with Crippen LogP contribution in [0.1, 0.15) is 27.7 Å². The summed E-state index contributed by atoms with van der Waals surface area (Å²) in [6, 6.07) is 0. The lowest BCUT2D eigenvalue weighted by molar-refractivity contribution is -0.0322. The van der Waals surface area contributed by atoms with Gasteiger partial charge in [-0.15, -0.1) is 0 Å². The van der Waals surface area contributed by atoms with Gasteiger partial charge in [-0.25, -0.2) is 0 Å². The molecule has 0 aromatic rings. The van der Waals surface area contributed by atoms with Gasteiger partial charge in [-0.05, 0) is 11.8 Å². The highest BCUT2D eigenvalue weighted by atomic mass is 16.5. The smallest absolute Gasteiger partial charge is 0.0661 e. The summed E-state index contributed by atoms with van der Waals surface area (Å²) in [4.78, 5) is 2.44. The molecule has 0 rings (SSSR count). The Morgan fingerprint density at radius 2 is 1.72 bits per heavy atom. The van der Waals surface area contributed by atoms with Crippen LogP contribution >= 0.6 is 0 Å². The third kappa shape index (κ3) is 4.84. The van der Waals surface area contributed by atoms with Crippen molar-refractivity contribution in [3.05, 3.63) is 0 Å². The summed E-state index contributed by atoms with van der Waals surface area (Å²) < 4.78 is 10.7. The van der Waals surface area contributed by atoms with Crippen molar-refractivity contribution >= 4 is 0 Å². The summed E-state index contributed by atoms with van der Waals surface area (Å²) in [5.41, 5.74) is 5.98. The lowest BCUT2D eigenvalue weighted by Gasteiger charge is -2.46. The lowest BCUT2D eigenvalue weighted by Crippen LogP contribution is -2.61. The maximum absolute atomic E-state index is 6.08. The number of nitrogens with two attached hydrogens (primary N) is 1. The van der Waals surface area contributed by atoms with E-state index in [1.54, 1.807) is 14.2 Å². The normalized spacial score (nSPS) is 15.7. The first-order chi connectivity index (χ1) is 8.44. The first-order valence-electron chi connectivity index (χ1n) is 6.87. The fraction of sp³-hybridized carbons (Fsp3) is 1.00. The van der Waals surface area contributed by atoms with E-state index in [0.717, 1.165) is 19.7 Å². The second-order valence-electron chi connectivity index (χ2n) is 5.73. The van der Waals surface area contributed by atoms with Crippen molar-refractivity contribution in [3.8, 4) is 0 Å². The molecule has 0 saturated heterocycles. The molecule has 1 atom stereocenters. The maximum atomic E-state index is 6.08. The highest BCUT2D eigenvalue weighted by molar-refractivity contribution is 4.95. The van der Waals surface area contributed by atoms with Gasteiger partial charge in [-0.3, -0.25) is 4.90 Å². The van der Waals surface area contributed by atoms with Gasteiger partial charge in [0.15, 0.2) is 0 Å². The molecule has 1 unspecified atom stereocenters. The zero-order valence-electron chi connectivity index (χ0n) is 13.0.